The molecule has 0 saturated carbocycles. The molecule has 17 heavy (non-hydrogen) atoms. The zero-order valence-corrected chi connectivity index (χ0v) is 9.31. The van der Waals surface area contributed by atoms with Gasteiger partial charge in [-0.15, -0.1) is 0 Å². The molecule has 2 nitrogen and oxygen atoms in total. The Morgan fingerprint density at radius 2 is 1.71 bits per heavy atom. The molecule has 0 unspecified atom stereocenters. The zero-order chi connectivity index (χ0) is 12.3. The Hall–Kier alpha value is -1.71. The third-order valence-corrected chi connectivity index (χ3v) is 2.71. The Morgan fingerprint density at radius 3 is 2.35 bits per heavy atom. The quantitative estimate of drug-likeness (QED) is 0.852. The van der Waals surface area contributed by atoms with Crippen LogP contribution in [-0.4, -0.2) is 11.7 Å². The molecule has 2 aromatic rings. The summed E-state index contributed by atoms with van der Waals surface area (Å²) in [6.45, 7) is -0.113. The first kappa shape index (κ1) is 11.8. The molecular weight excluding hydrogens is 217 g/mol. The van der Waals surface area contributed by atoms with Gasteiger partial charge < -0.3 is 10.8 Å². The second kappa shape index (κ2) is 5.08. The molecule has 0 aliphatic rings. The van der Waals surface area contributed by atoms with E-state index in [2.05, 4.69) is 0 Å². The van der Waals surface area contributed by atoms with Crippen molar-refractivity contribution in [1.82, 2.24) is 0 Å². The van der Waals surface area contributed by atoms with E-state index in [-0.39, 0.29) is 12.4 Å². The highest BCUT2D eigenvalue weighted by atomic mass is 19.1. The first-order valence-corrected chi connectivity index (χ1v) is 5.43. The summed E-state index contributed by atoms with van der Waals surface area (Å²) in [6, 6.07) is 13.4. The van der Waals surface area contributed by atoms with Crippen molar-refractivity contribution < 1.29 is 9.50 Å². The molecule has 3 heteroatoms. The number of aliphatic hydroxyl groups excluding tert-OH is 1. The summed E-state index contributed by atoms with van der Waals surface area (Å²) in [5.41, 5.74) is 8.52. The van der Waals surface area contributed by atoms with E-state index in [0.29, 0.717) is 0 Å². The highest BCUT2D eigenvalue weighted by Crippen LogP contribution is 2.27. The first-order valence-electron chi connectivity index (χ1n) is 5.43. The minimum Gasteiger partial charge on any atom is -0.394 e. The van der Waals surface area contributed by atoms with E-state index < -0.39 is 6.04 Å². The average molecular weight is 231 g/mol. The summed E-state index contributed by atoms with van der Waals surface area (Å²) >= 11 is 0. The fourth-order valence-corrected chi connectivity index (χ4v) is 1.81. The number of hydrogen-bond donors (Lipinski definition) is 2. The minimum absolute atomic E-state index is 0.113. The molecule has 0 aliphatic heterocycles. The van der Waals surface area contributed by atoms with Crippen LogP contribution in [0.4, 0.5) is 4.39 Å². The molecule has 0 aromatic heterocycles. The Kier molecular flexibility index (Phi) is 3.52. The Labute approximate surface area is 99.5 Å². The van der Waals surface area contributed by atoms with Crippen LogP contribution in [0.25, 0.3) is 11.1 Å². The molecule has 0 bridgehead atoms. The van der Waals surface area contributed by atoms with Crippen molar-refractivity contribution in [3.8, 4) is 11.1 Å². The van der Waals surface area contributed by atoms with E-state index in [1.165, 1.54) is 12.1 Å². The van der Waals surface area contributed by atoms with Crippen LogP contribution in [-0.2, 0) is 0 Å². The summed E-state index contributed by atoms with van der Waals surface area (Å²) in [5.74, 6) is -0.266. The van der Waals surface area contributed by atoms with E-state index in [1.807, 2.05) is 24.3 Å². The minimum atomic E-state index is -0.420. The molecule has 2 aromatic carbocycles. The predicted molar refractivity (Wildman–Crippen MR) is 65.9 cm³/mol. The van der Waals surface area contributed by atoms with Crippen LogP contribution in [0.3, 0.4) is 0 Å². The summed E-state index contributed by atoms with van der Waals surface area (Å²) in [4.78, 5) is 0. The fraction of sp³-hybridized carbons (Fsp3) is 0.143. The molecule has 0 aliphatic carbocycles. The summed E-state index contributed by atoms with van der Waals surface area (Å²) in [5, 5.41) is 9.12. The maximum absolute atomic E-state index is 12.9. The first-order chi connectivity index (χ1) is 8.22. The number of halogens is 1. The Bertz CT molecular complexity index is 496. The SMILES string of the molecule is N[C@H](CO)c1ccccc1-c1ccc(F)cc1. The van der Waals surface area contributed by atoms with Gasteiger partial charge in [-0.05, 0) is 28.8 Å². The summed E-state index contributed by atoms with van der Waals surface area (Å²) in [7, 11) is 0. The molecule has 0 radical (unpaired) electrons. The number of benzene rings is 2. The van der Waals surface area contributed by atoms with E-state index >= 15 is 0 Å². The van der Waals surface area contributed by atoms with Gasteiger partial charge in [-0.2, -0.15) is 0 Å². The average Bonchev–Trinajstić information content (AvgIpc) is 2.39. The van der Waals surface area contributed by atoms with Crippen LogP contribution >= 0.6 is 0 Å². The van der Waals surface area contributed by atoms with Gasteiger partial charge in [-0.3, -0.25) is 0 Å². The largest absolute Gasteiger partial charge is 0.394 e. The van der Waals surface area contributed by atoms with E-state index in [9.17, 15) is 4.39 Å². The van der Waals surface area contributed by atoms with Crippen molar-refractivity contribution in [2.75, 3.05) is 6.61 Å². The van der Waals surface area contributed by atoms with Crippen molar-refractivity contribution in [2.24, 2.45) is 5.73 Å². The van der Waals surface area contributed by atoms with Gasteiger partial charge >= 0.3 is 0 Å². The third kappa shape index (κ3) is 2.52. The van der Waals surface area contributed by atoms with Crippen molar-refractivity contribution in [1.29, 1.82) is 0 Å². The van der Waals surface area contributed by atoms with E-state index in [1.54, 1.807) is 12.1 Å². The molecule has 0 saturated heterocycles. The zero-order valence-electron chi connectivity index (χ0n) is 9.31. The number of rotatable bonds is 3. The predicted octanol–water partition coefficient (Wildman–Crippen LogP) is 2.48. The maximum Gasteiger partial charge on any atom is 0.123 e. The molecule has 88 valence electrons. The van der Waals surface area contributed by atoms with Gasteiger partial charge in [-0.25, -0.2) is 4.39 Å². The van der Waals surface area contributed by atoms with Gasteiger partial charge in [0, 0.05) is 0 Å². The smallest absolute Gasteiger partial charge is 0.123 e. The highest BCUT2D eigenvalue weighted by Gasteiger charge is 2.10. The topological polar surface area (TPSA) is 46.2 Å². The van der Waals surface area contributed by atoms with Crippen LogP contribution in [0.2, 0.25) is 0 Å². The monoisotopic (exact) mass is 231 g/mol. The maximum atomic E-state index is 12.9. The van der Waals surface area contributed by atoms with Gasteiger partial charge in [-0.1, -0.05) is 36.4 Å². The van der Waals surface area contributed by atoms with Gasteiger partial charge in [0.05, 0.1) is 12.6 Å². The van der Waals surface area contributed by atoms with Gasteiger partial charge in [0.2, 0.25) is 0 Å². The Balaban J connectivity index is 2.48. The number of nitrogens with two attached hydrogens (primary N) is 1. The lowest BCUT2D eigenvalue weighted by Crippen LogP contribution is -2.15. The van der Waals surface area contributed by atoms with Crippen molar-refractivity contribution in [2.45, 2.75) is 6.04 Å². The van der Waals surface area contributed by atoms with Crippen LogP contribution < -0.4 is 5.73 Å². The lowest BCUT2D eigenvalue weighted by Gasteiger charge is -2.14. The van der Waals surface area contributed by atoms with Crippen LogP contribution in [0, 0.1) is 5.82 Å². The molecule has 0 amide bonds. The molecule has 0 spiro atoms. The van der Waals surface area contributed by atoms with Crippen molar-refractivity contribution >= 4 is 0 Å². The lowest BCUT2D eigenvalue weighted by molar-refractivity contribution is 0.268. The van der Waals surface area contributed by atoms with Gasteiger partial charge in [0.1, 0.15) is 5.82 Å². The second-order valence-electron chi connectivity index (χ2n) is 3.88. The number of aliphatic hydroxyl groups is 1. The molecule has 0 heterocycles. The number of hydrogen-bond acceptors (Lipinski definition) is 2. The third-order valence-electron chi connectivity index (χ3n) is 2.71. The van der Waals surface area contributed by atoms with Crippen LogP contribution in [0.1, 0.15) is 11.6 Å². The van der Waals surface area contributed by atoms with Crippen molar-refractivity contribution in [3.05, 3.63) is 59.9 Å². The standard InChI is InChI=1S/C14H14FNO/c15-11-7-5-10(6-8-11)12-3-1-2-4-13(12)14(16)9-17/h1-8,14,17H,9,16H2/t14-/m1/s1. The highest BCUT2D eigenvalue weighted by molar-refractivity contribution is 5.67. The van der Waals surface area contributed by atoms with E-state index in [4.69, 9.17) is 10.8 Å². The molecule has 2 rings (SSSR count). The molecule has 0 fully saturated rings. The Morgan fingerprint density at radius 1 is 1.06 bits per heavy atom. The second-order valence-corrected chi connectivity index (χ2v) is 3.88. The van der Waals surface area contributed by atoms with E-state index in [0.717, 1.165) is 16.7 Å². The fourth-order valence-electron chi connectivity index (χ4n) is 1.81. The summed E-state index contributed by atoms with van der Waals surface area (Å²) in [6.07, 6.45) is 0. The summed E-state index contributed by atoms with van der Waals surface area (Å²) < 4.78 is 12.9. The normalized spacial score (nSPS) is 12.4. The van der Waals surface area contributed by atoms with Crippen molar-refractivity contribution in [3.63, 3.8) is 0 Å². The molecule has 1 atom stereocenters. The molecular formula is C14H14FNO. The van der Waals surface area contributed by atoms with Gasteiger partial charge in [0.25, 0.3) is 0 Å². The van der Waals surface area contributed by atoms with Crippen LogP contribution in [0.5, 0.6) is 0 Å². The molecule has 3 N–H and O–H groups in total. The lowest BCUT2D eigenvalue weighted by atomic mass is 9.95. The van der Waals surface area contributed by atoms with Crippen LogP contribution in [0.15, 0.2) is 48.5 Å². The van der Waals surface area contributed by atoms with Gasteiger partial charge in [0.15, 0.2) is 0 Å².